The monoisotopic (exact) mass is 486 g/mol. The highest BCUT2D eigenvalue weighted by atomic mass is 127. The van der Waals surface area contributed by atoms with E-state index in [9.17, 15) is 13.2 Å². The molecule has 0 saturated carbocycles. The largest absolute Gasteiger partial charge is 0.573 e. The van der Waals surface area contributed by atoms with Crippen molar-refractivity contribution < 1.29 is 17.9 Å². The van der Waals surface area contributed by atoms with Gasteiger partial charge in [-0.2, -0.15) is 0 Å². The molecule has 2 aromatic rings. The molecule has 0 bridgehead atoms. The third-order valence-corrected chi connectivity index (χ3v) is 4.03. The summed E-state index contributed by atoms with van der Waals surface area (Å²) in [6, 6.07) is 5.23. The second-order valence-corrected chi connectivity index (χ2v) is 6.12. The van der Waals surface area contributed by atoms with Crippen LogP contribution < -0.4 is 15.8 Å². The third kappa shape index (κ3) is 7.46. The number of nitrogens with two attached hydrogens (primary N) is 1. The maximum atomic E-state index is 12.1. The van der Waals surface area contributed by atoms with E-state index in [0.29, 0.717) is 18.2 Å². The molecule has 3 N–H and O–H groups in total. The highest BCUT2D eigenvalue weighted by Gasteiger charge is 2.30. The molecular weight excluding hydrogens is 468 g/mol. The number of aromatic nitrogens is 1. The van der Waals surface area contributed by atoms with Crippen LogP contribution in [0.25, 0.3) is 0 Å². The maximum Gasteiger partial charge on any atom is 0.573 e. The molecule has 0 atom stereocenters. The van der Waals surface area contributed by atoms with Crippen LogP contribution in [0, 0.1) is 0 Å². The minimum absolute atomic E-state index is 0. The third-order valence-electron chi connectivity index (χ3n) is 2.84. The number of ether oxygens (including phenoxy) is 1. The standard InChI is InChI=1S/C15H17F3N4OS.HI/c1-9(2)13-21-11(8-24-13)7-20-14(19)22-10-3-5-12(6-4-10)23-15(16,17)18;/h3-6,8-9H,7H2,1-2H3,(H3,19,20,22);1H. The van der Waals surface area contributed by atoms with Crippen LogP contribution in [-0.4, -0.2) is 17.3 Å². The topological polar surface area (TPSA) is 72.5 Å². The fraction of sp³-hybridized carbons (Fsp3) is 0.333. The SMILES string of the molecule is CC(C)c1nc(CN=C(N)Nc2ccc(OC(F)(F)F)cc2)cs1.I. The van der Waals surface area contributed by atoms with Crippen molar-refractivity contribution in [1.29, 1.82) is 0 Å². The van der Waals surface area contributed by atoms with E-state index in [2.05, 4.69) is 33.9 Å². The number of thiazole rings is 1. The summed E-state index contributed by atoms with van der Waals surface area (Å²) < 4.78 is 40.0. The molecule has 0 aliphatic rings. The Morgan fingerprint density at radius 2 is 1.96 bits per heavy atom. The van der Waals surface area contributed by atoms with E-state index < -0.39 is 6.36 Å². The zero-order valence-corrected chi connectivity index (χ0v) is 16.6. The van der Waals surface area contributed by atoms with Crippen molar-refractivity contribution in [2.45, 2.75) is 32.7 Å². The molecule has 25 heavy (non-hydrogen) atoms. The van der Waals surface area contributed by atoms with Gasteiger partial charge < -0.3 is 15.8 Å². The van der Waals surface area contributed by atoms with E-state index in [1.165, 1.54) is 24.3 Å². The Hall–Kier alpha value is -1.56. The normalized spacial score (nSPS) is 12.0. The number of nitrogens with one attached hydrogen (secondary N) is 1. The van der Waals surface area contributed by atoms with Gasteiger partial charge >= 0.3 is 6.36 Å². The molecule has 1 heterocycles. The van der Waals surface area contributed by atoms with Gasteiger partial charge in [-0.25, -0.2) is 9.98 Å². The zero-order valence-electron chi connectivity index (χ0n) is 13.5. The van der Waals surface area contributed by atoms with Gasteiger partial charge in [-0.05, 0) is 24.3 Å². The van der Waals surface area contributed by atoms with E-state index in [0.717, 1.165) is 10.7 Å². The molecule has 1 aromatic carbocycles. The average molecular weight is 486 g/mol. The fourth-order valence-electron chi connectivity index (χ4n) is 1.75. The molecule has 10 heteroatoms. The number of nitrogens with zero attached hydrogens (tertiary/aromatic N) is 2. The number of alkyl halides is 3. The molecule has 0 radical (unpaired) electrons. The van der Waals surface area contributed by atoms with Crippen LogP contribution in [0.2, 0.25) is 0 Å². The van der Waals surface area contributed by atoms with E-state index in [4.69, 9.17) is 5.73 Å². The van der Waals surface area contributed by atoms with Gasteiger partial charge in [0.15, 0.2) is 5.96 Å². The first-order valence-electron chi connectivity index (χ1n) is 7.10. The number of rotatable bonds is 5. The summed E-state index contributed by atoms with van der Waals surface area (Å²) in [5, 5.41) is 5.76. The van der Waals surface area contributed by atoms with Gasteiger partial charge in [0.2, 0.25) is 0 Å². The summed E-state index contributed by atoms with van der Waals surface area (Å²) in [6.45, 7) is 4.46. The molecule has 138 valence electrons. The predicted octanol–water partition coefficient (Wildman–Crippen LogP) is 4.71. The van der Waals surface area contributed by atoms with Crippen molar-refractivity contribution in [3.8, 4) is 5.75 Å². The van der Waals surface area contributed by atoms with E-state index >= 15 is 0 Å². The lowest BCUT2D eigenvalue weighted by Gasteiger charge is -2.10. The van der Waals surface area contributed by atoms with Crippen molar-refractivity contribution >= 4 is 47.0 Å². The average Bonchev–Trinajstić information content (AvgIpc) is 2.95. The highest BCUT2D eigenvalue weighted by Crippen LogP contribution is 2.24. The number of hydrogen-bond acceptors (Lipinski definition) is 4. The van der Waals surface area contributed by atoms with Crippen LogP contribution in [0.15, 0.2) is 34.6 Å². The second-order valence-electron chi connectivity index (χ2n) is 5.23. The van der Waals surface area contributed by atoms with E-state index in [1.807, 2.05) is 5.38 Å². The van der Waals surface area contributed by atoms with Crippen molar-refractivity contribution in [3.05, 3.63) is 40.3 Å². The molecule has 0 spiro atoms. The lowest BCUT2D eigenvalue weighted by atomic mass is 10.2. The van der Waals surface area contributed by atoms with E-state index in [-0.39, 0.29) is 35.7 Å². The van der Waals surface area contributed by atoms with Crippen LogP contribution in [0.4, 0.5) is 18.9 Å². The van der Waals surface area contributed by atoms with Crippen molar-refractivity contribution in [2.75, 3.05) is 5.32 Å². The van der Waals surface area contributed by atoms with Crippen molar-refractivity contribution in [3.63, 3.8) is 0 Å². The smallest absolute Gasteiger partial charge is 0.406 e. The molecular formula is C15H18F3IN4OS. The summed E-state index contributed by atoms with van der Waals surface area (Å²) in [7, 11) is 0. The maximum absolute atomic E-state index is 12.1. The molecule has 5 nitrogen and oxygen atoms in total. The Morgan fingerprint density at radius 3 is 2.48 bits per heavy atom. The summed E-state index contributed by atoms with van der Waals surface area (Å²) in [4.78, 5) is 8.60. The van der Waals surface area contributed by atoms with Crippen LogP contribution in [0.1, 0.15) is 30.5 Å². The van der Waals surface area contributed by atoms with Crippen LogP contribution in [0.3, 0.4) is 0 Å². The minimum atomic E-state index is -4.71. The zero-order chi connectivity index (χ0) is 17.7. The first-order valence-corrected chi connectivity index (χ1v) is 7.98. The number of hydrogen-bond donors (Lipinski definition) is 2. The van der Waals surface area contributed by atoms with Gasteiger partial charge in [0.25, 0.3) is 0 Å². The quantitative estimate of drug-likeness (QED) is 0.365. The van der Waals surface area contributed by atoms with Gasteiger partial charge in [-0.1, -0.05) is 13.8 Å². The number of halogens is 4. The molecule has 0 saturated heterocycles. The molecule has 1 aromatic heterocycles. The minimum Gasteiger partial charge on any atom is -0.406 e. The highest BCUT2D eigenvalue weighted by molar-refractivity contribution is 14.0. The lowest BCUT2D eigenvalue weighted by Crippen LogP contribution is -2.22. The van der Waals surface area contributed by atoms with Gasteiger partial charge in [-0.3, -0.25) is 0 Å². The van der Waals surface area contributed by atoms with Crippen LogP contribution >= 0.6 is 35.3 Å². The molecule has 0 aliphatic carbocycles. The number of aliphatic imine (C=N–C) groups is 1. The Labute approximate surface area is 164 Å². The van der Waals surface area contributed by atoms with Crippen LogP contribution in [-0.2, 0) is 6.54 Å². The van der Waals surface area contributed by atoms with Gasteiger partial charge in [-0.15, -0.1) is 48.5 Å². The second kappa shape index (κ2) is 9.22. The van der Waals surface area contributed by atoms with Gasteiger partial charge in [0, 0.05) is 17.0 Å². The Kier molecular flexibility index (Phi) is 7.93. The fourth-order valence-corrected chi connectivity index (χ4v) is 2.58. The number of guanidine groups is 1. The number of benzene rings is 1. The molecule has 0 amide bonds. The molecule has 0 aliphatic heterocycles. The number of anilines is 1. The van der Waals surface area contributed by atoms with Crippen molar-refractivity contribution in [1.82, 2.24) is 4.98 Å². The Balaban J connectivity index is 0.00000312. The lowest BCUT2D eigenvalue weighted by molar-refractivity contribution is -0.274. The molecule has 2 rings (SSSR count). The Bertz CT molecular complexity index is 702. The van der Waals surface area contributed by atoms with Gasteiger partial charge in [0.05, 0.1) is 17.2 Å². The molecule has 0 fully saturated rings. The van der Waals surface area contributed by atoms with Crippen LogP contribution in [0.5, 0.6) is 5.75 Å². The Morgan fingerprint density at radius 1 is 1.32 bits per heavy atom. The first kappa shape index (κ1) is 21.5. The predicted molar refractivity (Wildman–Crippen MR) is 104 cm³/mol. The summed E-state index contributed by atoms with van der Waals surface area (Å²) >= 11 is 1.57. The van der Waals surface area contributed by atoms with E-state index in [1.54, 1.807) is 11.3 Å². The van der Waals surface area contributed by atoms with Crippen molar-refractivity contribution in [2.24, 2.45) is 10.7 Å². The summed E-state index contributed by atoms with van der Waals surface area (Å²) in [5.74, 6) is 0.214. The molecule has 0 unspecified atom stereocenters. The summed E-state index contributed by atoms with van der Waals surface area (Å²) in [5.41, 5.74) is 7.09. The summed E-state index contributed by atoms with van der Waals surface area (Å²) in [6.07, 6.45) is -4.71. The van der Waals surface area contributed by atoms with Gasteiger partial charge in [0.1, 0.15) is 5.75 Å². The first-order chi connectivity index (χ1) is 11.2.